The van der Waals surface area contributed by atoms with E-state index in [1.54, 1.807) is 41.9 Å². The van der Waals surface area contributed by atoms with Crippen molar-refractivity contribution < 1.29 is 9.59 Å². The Hall–Kier alpha value is -2.93. The predicted molar refractivity (Wildman–Crippen MR) is 98.7 cm³/mol. The minimum Gasteiger partial charge on any atom is -0.352 e. The number of anilines is 1. The number of amides is 2. The number of hydrogen-bond acceptors (Lipinski definition) is 4. The lowest BCUT2D eigenvalue weighted by Gasteiger charge is -2.07. The van der Waals surface area contributed by atoms with Crippen LogP contribution in [0.2, 0.25) is 0 Å². The Bertz CT molecular complexity index is 871. The van der Waals surface area contributed by atoms with Crippen molar-refractivity contribution in [3.05, 3.63) is 59.4 Å². The molecule has 0 unspecified atom stereocenters. The number of imidazole rings is 1. The quantitative estimate of drug-likeness (QED) is 0.636. The molecule has 0 fully saturated rings. The van der Waals surface area contributed by atoms with E-state index in [1.165, 1.54) is 6.92 Å². The molecule has 0 aliphatic heterocycles. The lowest BCUT2D eigenvalue weighted by Crippen LogP contribution is -2.26. The Balaban J connectivity index is 1.59. The number of rotatable bonds is 6. The summed E-state index contributed by atoms with van der Waals surface area (Å²) in [5, 5.41) is 7.58. The summed E-state index contributed by atoms with van der Waals surface area (Å²) in [6.45, 7) is 1.92. The first-order valence-electron chi connectivity index (χ1n) is 7.85. The van der Waals surface area contributed by atoms with Crippen LogP contribution in [-0.2, 0) is 11.2 Å². The van der Waals surface area contributed by atoms with Gasteiger partial charge in [0.05, 0.1) is 11.2 Å². The smallest absolute Gasteiger partial charge is 0.251 e. The topological polar surface area (TPSA) is 86.9 Å². The third kappa shape index (κ3) is 4.33. The number of H-pyrrole nitrogens is 1. The van der Waals surface area contributed by atoms with Gasteiger partial charge in [-0.1, -0.05) is 12.1 Å². The molecule has 25 heavy (non-hydrogen) atoms. The minimum absolute atomic E-state index is 0.169. The molecule has 128 valence electrons. The van der Waals surface area contributed by atoms with Gasteiger partial charge >= 0.3 is 0 Å². The fourth-order valence-corrected chi connectivity index (χ4v) is 3.23. The van der Waals surface area contributed by atoms with Crippen molar-refractivity contribution in [3.63, 3.8) is 0 Å². The number of carbonyl (C=O) groups is 2. The number of hydrogen-bond donors (Lipinski definition) is 3. The molecule has 0 atom stereocenters. The molecule has 3 N–H and O–H groups in total. The maximum absolute atomic E-state index is 12.3. The first-order valence-corrected chi connectivity index (χ1v) is 8.73. The van der Waals surface area contributed by atoms with E-state index in [9.17, 15) is 9.59 Å². The maximum Gasteiger partial charge on any atom is 0.251 e. The van der Waals surface area contributed by atoms with Crippen molar-refractivity contribution in [2.45, 2.75) is 13.3 Å². The van der Waals surface area contributed by atoms with Gasteiger partial charge in [-0.15, -0.1) is 11.3 Å². The first-order chi connectivity index (χ1) is 12.1. The Morgan fingerprint density at radius 2 is 2.12 bits per heavy atom. The zero-order valence-electron chi connectivity index (χ0n) is 13.7. The van der Waals surface area contributed by atoms with E-state index in [0.29, 0.717) is 24.2 Å². The lowest BCUT2D eigenvalue weighted by molar-refractivity contribution is -0.114. The first kappa shape index (κ1) is 16.9. The Labute approximate surface area is 149 Å². The van der Waals surface area contributed by atoms with Gasteiger partial charge in [-0.2, -0.15) is 0 Å². The molecule has 3 aromatic rings. The van der Waals surface area contributed by atoms with Gasteiger partial charge in [0.1, 0.15) is 5.69 Å². The van der Waals surface area contributed by atoms with Gasteiger partial charge in [0.15, 0.2) is 0 Å². The molecule has 0 saturated carbocycles. The average Bonchev–Trinajstić information content (AvgIpc) is 3.25. The van der Waals surface area contributed by atoms with E-state index in [0.717, 1.165) is 16.3 Å². The van der Waals surface area contributed by atoms with Gasteiger partial charge in [0, 0.05) is 36.8 Å². The van der Waals surface area contributed by atoms with Crippen LogP contribution in [0, 0.1) is 0 Å². The summed E-state index contributed by atoms with van der Waals surface area (Å²) in [5.74, 6) is -0.345. The number of aromatic nitrogens is 2. The number of thiophene rings is 1. The fraction of sp³-hybridized carbons (Fsp3) is 0.167. The second-order valence-corrected chi connectivity index (χ2v) is 6.42. The zero-order valence-corrected chi connectivity index (χ0v) is 14.5. The van der Waals surface area contributed by atoms with Crippen LogP contribution in [0.4, 0.5) is 5.69 Å². The summed E-state index contributed by atoms with van der Waals surface area (Å²) in [5.41, 5.74) is 3.04. The highest BCUT2D eigenvalue weighted by atomic mass is 32.1. The highest BCUT2D eigenvalue weighted by Gasteiger charge is 2.11. The van der Waals surface area contributed by atoms with Crippen LogP contribution in [0.15, 0.2) is 48.1 Å². The van der Waals surface area contributed by atoms with Crippen LogP contribution in [-0.4, -0.2) is 28.3 Å². The molecule has 7 heteroatoms. The van der Waals surface area contributed by atoms with E-state index >= 15 is 0 Å². The van der Waals surface area contributed by atoms with E-state index in [4.69, 9.17) is 0 Å². The summed E-state index contributed by atoms with van der Waals surface area (Å²) in [6.07, 6.45) is 2.33. The summed E-state index contributed by atoms with van der Waals surface area (Å²) in [6, 6.07) is 10.9. The highest BCUT2D eigenvalue weighted by Crippen LogP contribution is 2.25. The van der Waals surface area contributed by atoms with Crippen LogP contribution in [0.3, 0.4) is 0 Å². The number of nitrogens with zero attached hydrogens (tertiary/aromatic N) is 1. The fourth-order valence-electron chi connectivity index (χ4n) is 2.48. The number of carbonyl (C=O) groups excluding carboxylic acids is 2. The van der Waals surface area contributed by atoms with Crippen LogP contribution in [0.25, 0.3) is 10.6 Å². The van der Waals surface area contributed by atoms with Crippen LogP contribution >= 0.6 is 11.3 Å². The average molecular weight is 354 g/mol. The maximum atomic E-state index is 12.3. The Morgan fingerprint density at radius 3 is 2.88 bits per heavy atom. The highest BCUT2D eigenvalue weighted by molar-refractivity contribution is 7.13. The molecule has 2 amide bonds. The van der Waals surface area contributed by atoms with E-state index in [-0.39, 0.29) is 11.8 Å². The summed E-state index contributed by atoms with van der Waals surface area (Å²) in [7, 11) is 0. The third-order valence-corrected chi connectivity index (χ3v) is 4.46. The summed E-state index contributed by atoms with van der Waals surface area (Å²) in [4.78, 5) is 32.0. The Kier molecular flexibility index (Phi) is 5.25. The van der Waals surface area contributed by atoms with Crippen LogP contribution in [0.5, 0.6) is 0 Å². The van der Waals surface area contributed by atoms with Gasteiger partial charge in [0.25, 0.3) is 5.91 Å². The number of aromatic amines is 1. The predicted octanol–water partition coefficient (Wildman–Crippen LogP) is 3.07. The van der Waals surface area contributed by atoms with E-state index in [1.807, 2.05) is 17.5 Å². The molecule has 6 nitrogen and oxygen atoms in total. The van der Waals surface area contributed by atoms with Crippen LogP contribution in [0.1, 0.15) is 23.0 Å². The van der Waals surface area contributed by atoms with Gasteiger partial charge in [-0.3, -0.25) is 9.59 Å². The number of nitrogens with one attached hydrogen (secondary N) is 3. The van der Waals surface area contributed by atoms with E-state index in [2.05, 4.69) is 20.6 Å². The van der Waals surface area contributed by atoms with Gasteiger partial charge in [0.2, 0.25) is 5.91 Å². The second-order valence-electron chi connectivity index (χ2n) is 5.47. The molecule has 1 aromatic carbocycles. The van der Waals surface area contributed by atoms with Crippen molar-refractivity contribution in [3.8, 4) is 10.6 Å². The molecule has 3 rings (SSSR count). The molecule has 0 spiro atoms. The van der Waals surface area contributed by atoms with Crippen molar-refractivity contribution in [2.24, 2.45) is 0 Å². The lowest BCUT2D eigenvalue weighted by atomic mass is 10.1. The normalized spacial score (nSPS) is 10.4. The van der Waals surface area contributed by atoms with E-state index < -0.39 is 0 Å². The van der Waals surface area contributed by atoms with Crippen LogP contribution < -0.4 is 10.6 Å². The Morgan fingerprint density at radius 1 is 1.24 bits per heavy atom. The molecular weight excluding hydrogens is 336 g/mol. The van der Waals surface area contributed by atoms with Crippen molar-refractivity contribution in [2.75, 3.05) is 11.9 Å². The van der Waals surface area contributed by atoms with Gasteiger partial charge in [-0.25, -0.2) is 4.98 Å². The van der Waals surface area contributed by atoms with Gasteiger partial charge < -0.3 is 15.6 Å². The monoisotopic (exact) mass is 354 g/mol. The van der Waals surface area contributed by atoms with Crippen molar-refractivity contribution >= 4 is 28.8 Å². The zero-order chi connectivity index (χ0) is 17.6. The molecule has 0 radical (unpaired) electrons. The van der Waals surface area contributed by atoms with Crippen molar-refractivity contribution in [1.29, 1.82) is 0 Å². The molecule has 0 aliphatic carbocycles. The summed E-state index contributed by atoms with van der Waals surface area (Å²) < 4.78 is 0. The third-order valence-electron chi connectivity index (χ3n) is 3.58. The van der Waals surface area contributed by atoms with Gasteiger partial charge in [-0.05, 0) is 29.6 Å². The van der Waals surface area contributed by atoms with Crippen molar-refractivity contribution in [1.82, 2.24) is 15.3 Å². The molecule has 2 heterocycles. The summed E-state index contributed by atoms with van der Waals surface area (Å²) >= 11 is 1.63. The largest absolute Gasteiger partial charge is 0.352 e. The standard InChI is InChI=1S/C18H18N4O2S/c1-12(23)22-14-5-2-4-13(10-14)18(24)19-8-7-15-17(21-11-20-15)16-6-3-9-25-16/h2-6,9-11H,7-8H2,1H3,(H,19,24)(H,20,21)(H,22,23). The molecule has 0 aliphatic rings. The second kappa shape index (κ2) is 7.76. The SMILES string of the molecule is CC(=O)Nc1cccc(C(=O)NCCc2[nH]cnc2-c2cccs2)c1. The minimum atomic E-state index is -0.176. The molecular formula is C18H18N4O2S. The molecule has 0 bridgehead atoms. The molecule has 0 saturated heterocycles. The molecule has 2 aromatic heterocycles. The number of benzene rings is 1.